The first-order valence-electron chi connectivity index (χ1n) is 10.7. The maximum absolute atomic E-state index is 13.4. The summed E-state index contributed by atoms with van der Waals surface area (Å²) in [7, 11) is -0.118. The van der Waals surface area contributed by atoms with E-state index in [0.717, 1.165) is 15.6 Å². The highest BCUT2D eigenvalue weighted by Gasteiger charge is 2.27. The number of carbonyl (C=O) groups excluding carboxylic acids is 1. The molecule has 0 saturated heterocycles. The molecule has 0 spiro atoms. The van der Waals surface area contributed by atoms with Gasteiger partial charge in [0.25, 0.3) is 10.0 Å². The summed E-state index contributed by atoms with van der Waals surface area (Å²) in [6, 6.07) is 20.2. The SMILES string of the molecule is CCOc1ccc(N(CC(=O)NCc2ccc(N(C)C)cc2)S(=O)(=O)c2ccc(Cl)cc2)cc1. The first kappa shape index (κ1) is 25.4. The molecule has 1 N–H and O–H groups in total. The van der Waals surface area contributed by atoms with Crippen molar-refractivity contribution in [2.24, 2.45) is 0 Å². The van der Waals surface area contributed by atoms with Crippen LogP contribution in [-0.2, 0) is 21.4 Å². The van der Waals surface area contributed by atoms with Gasteiger partial charge in [-0.3, -0.25) is 9.10 Å². The lowest BCUT2D eigenvalue weighted by atomic mass is 10.2. The van der Waals surface area contributed by atoms with E-state index in [1.165, 1.54) is 24.3 Å². The Bertz CT molecular complexity index is 1200. The molecule has 0 unspecified atom stereocenters. The van der Waals surface area contributed by atoms with Gasteiger partial charge in [-0.15, -0.1) is 0 Å². The van der Waals surface area contributed by atoms with Crippen LogP contribution in [0.25, 0.3) is 0 Å². The van der Waals surface area contributed by atoms with E-state index < -0.39 is 15.9 Å². The Morgan fingerprint density at radius 1 is 0.912 bits per heavy atom. The normalized spacial score (nSPS) is 11.1. The first-order valence-corrected chi connectivity index (χ1v) is 12.6. The van der Waals surface area contributed by atoms with Gasteiger partial charge in [-0.2, -0.15) is 0 Å². The van der Waals surface area contributed by atoms with Gasteiger partial charge in [0.2, 0.25) is 5.91 Å². The fourth-order valence-electron chi connectivity index (χ4n) is 3.22. The Morgan fingerprint density at radius 2 is 1.50 bits per heavy atom. The van der Waals surface area contributed by atoms with Gasteiger partial charge in [-0.05, 0) is 73.2 Å². The average Bonchev–Trinajstić information content (AvgIpc) is 2.82. The third-order valence-electron chi connectivity index (χ3n) is 5.07. The fraction of sp³-hybridized carbons (Fsp3) is 0.240. The summed E-state index contributed by atoms with van der Waals surface area (Å²) in [5.74, 6) is 0.184. The van der Waals surface area contributed by atoms with E-state index in [1.807, 2.05) is 50.2 Å². The van der Waals surface area contributed by atoms with Crippen molar-refractivity contribution in [3.8, 4) is 5.75 Å². The Kier molecular flexibility index (Phi) is 8.41. The minimum atomic E-state index is -4.02. The molecule has 3 aromatic rings. The summed E-state index contributed by atoms with van der Waals surface area (Å²) in [4.78, 5) is 14.8. The van der Waals surface area contributed by atoms with Gasteiger partial charge in [-0.25, -0.2) is 8.42 Å². The molecule has 0 bridgehead atoms. The Labute approximate surface area is 206 Å². The maximum atomic E-state index is 13.4. The maximum Gasteiger partial charge on any atom is 0.264 e. The number of anilines is 2. The topological polar surface area (TPSA) is 79.0 Å². The monoisotopic (exact) mass is 501 g/mol. The molecule has 0 aliphatic carbocycles. The van der Waals surface area contributed by atoms with Gasteiger partial charge >= 0.3 is 0 Å². The highest BCUT2D eigenvalue weighted by molar-refractivity contribution is 7.92. The van der Waals surface area contributed by atoms with Crippen molar-refractivity contribution in [1.29, 1.82) is 0 Å². The standard InChI is InChI=1S/C25H28ClN3O4S/c1-4-33-23-13-11-22(12-14-23)29(34(31,32)24-15-7-20(26)8-16-24)18-25(30)27-17-19-5-9-21(10-6-19)28(2)3/h5-16H,4,17-18H2,1-3H3,(H,27,30). The minimum Gasteiger partial charge on any atom is -0.494 e. The number of hydrogen-bond donors (Lipinski definition) is 1. The lowest BCUT2D eigenvalue weighted by Gasteiger charge is -2.24. The van der Waals surface area contributed by atoms with Crippen molar-refractivity contribution >= 4 is 38.9 Å². The summed E-state index contributed by atoms with van der Waals surface area (Å²) < 4.78 is 33.4. The largest absolute Gasteiger partial charge is 0.494 e. The van der Waals surface area contributed by atoms with Crippen LogP contribution in [0.4, 0.5) is 11.4 Å². The lowest BCUT2D eigenvalue weighted by molar-refractivity contribution is -0.119. The smallest absolute Gasteiger partial charge is 0.264 e. The Morgan fingerprint density at radius 3 is 2.06 bits per heavy atom. The molecular weight excluding hydrogens is 474 g/mol. The highest BCUT2D eigenvalue weighted by atomic mass is 35.5. The molecule has 34 heavy (non-hydrogen) atoms. The van der Waals surface area contributed by atoms with Gasteiger partial charge in [0, 0.05) is 31.4 Å². The van der Waals surface area contributed by atoms with Crippen LogP contribution in [0.3, 0.4) is 0 Å². The molecule has 0 aliphatic heterocycles. The predicted molar refractivity (Wildman–Crippen MR) is 136 cm³/mol. The lowest BCUT2D eigenvalue weighted by Crippen LogP contribution is -2.40. The average molecular weight is 502 g/mol. The summed E-state index contributed by atoms with van der Waals surface area (Å²) in [6.45, 7) is 2.26. The second-order valence-electron chi connectivity index (χ2n) is 7.73. The van der Waals surface area contributed by atoms with Crippen LogP contribution in [0.1, 0.15) is 12.5 Å². The number of nitrogens with one attached hydrogen (secondary N) is 1. The first-order chi connectivity index (χ1) is 16.2. The summed E-state index contributed by atoms with van der Waals surface area (Å²) in [5.41, 5.74) is 2.31. The van der Waals surface area contributed by atoms with Crippen LogP contribution < -0.4 is 19.3 Å². The summed E-state index contributed by atoms with van der Waals surface area (Å²) in [6.07, 6.45) is 0. The van der Waals surface area contributed by atoms with Gasteiger partial charge < -0.3 is 15.0 Å². The Balaban J connectivity index is 1.81. The molecule has 0 atom stereocenters. The van der Waals surface area contributed by atoms with Gasteiger partial charge in [0.1, 0.15) is 12.3 Å². The van der Waals surface area contributed by atoms with Crippen molar-refractivity contribution in [2.75, 3.05) is 36.5 Å². The summed E-state index contributed by atoms with van der Waals surface area (Å²) in [5, 5.41) is 3.23. The molecule has 9 heteroatoms. The molecule has 3 rings (SSSR count). The van der Waals surface area contributed by atoms with Gasteiger partial charge in [0.05, 0.1) is 17.2 Å². The molecule has 0 fully saturated rings. The van der Waals surface area contributed by atoms with Crippen LogP contribution in [0.5, 0.6) is 5.75 Å². The highest BCUT2D eigenvalue weighted by Crippen LogP contribution is 2.26. The molecule has 0 heterocycles. The van der Waals surface area contributed by atoms with Crippen LogP contribution in [0.15, 0.2) is 77.7 Å². The second kappa shape index (κ2) is 11.3. The number of hydrogen-bond acceptors (Lipinski definition) is 5. The number of sulfonamides is 1. The molecule has 0 aromatic heterocycles. The van der Waals surface area contributed by atoms with E-state index in [4.69, 9.17) is 16.3 Å². The molecule has 1 amide bonds. The number of benzene rings is 3. The van der Waals surface area contributed by atoms with E-state index >= 15 is 0 Å². The van der Waals surface area contributed by atoms with Crippen LogP contribution >= 0.6 is 11.6 Å². The van der Waals surface area contributed by atoms with Crippen molar-refractivity contribution < 1.29 is 17.9 Å². The van der Waals surface area contributed by atoms with Gasteiger partial charge in [-0.1, -0.05) is 23.7 Å². The van der Waals surface area contributed by atoms with Crippen molar-refractivity contribution in [2.45, 2.75) is 18.4 Å². The van der Waals surface area contributed by atoms with E-state index in [-0.39, 0.29) is 18.0 Å². The number of ether oxygens (including phenoxy) is 1. The van der Waals surface area contributed by atoms with E-state index in [9.17, 15) is 13.2 Å². The van der Waals surface area contributed by atoms with Crippen molar-refractivity contribution in [1.82, 2.24) is 5.32 Å². The van der Waals surface area contributed by atoms with Crippen LogP contribution in [0.2, 0.25) is 5.02 Å². The fourth-order valence-corrected chi connectivity index (χ4v) is 4.77. The molecule has 0 saturated carbocycles. The number of halogens is 1. The molecule has 0 aliphatic rings. The second-order valence-corrected chi connectivity index (χ2v) is 10.0. The van der Waals surface area contributed by atoms with Crippen molar-refractivity contribution in [3.05, 3.63) is 83.4 Å². The van der Waals surface area contributed by atoms with Crippen LogP contribution in [-0.4, -0.2) is 41.6 Å². The summed E-state index contributed by atoms with van der Waals surface area (Å²) >= 11 is 5.93. The molecule has 3 aromatic carbocycles. The number of nitrogens with zero attached hydrogens (tertiary/aromatic N) is 2. The van der Waals surface area contributed by atoms with E-state index in [0.29, 0.717) is 23.1 Å². The number of carbonyl (C=O) groups is 1. The third-order valence-corrected chi connectivity index (χ3v) is 7.11. The molecular formula is C25H28ClN3O4S. The Hall–Kier alpha value is -3.23. The molecule has 180 valence electrons. The van der Waals surface area contributed by atoms with Gasteiger partial charge in [0.15, 0.2) is 0 Å². The van der Waals surface area contributed by atoms with Crippen LogP contribution in [0, 0.1) is 0 Å². The zero-order chi connectivity index (χ0) is 24.7. The number of amides is 1. The third kappa shape index (κ3) is 6.42. The zero-order valence-corrected chi connectivity index (χ0v) is 20.9. The number of rotatable bonds is 10. The van der Waals surface area contributed by atoms with E-state index in [2.05, 4.69) is 5.32 Å². The van der Waals surface area contributed by atoms with Crippen molar-refractivity contribution in [3.63, 3.8) is 0 Å². The predicted octanol–water partition coefficient (Wildman–Crippen LogP) is 4.32. The molecule has 0 radical (unpaired) electrons. The quantitative estimate of drug-likeness (QED) is 0.447. The zero-order valence-electron chi connectivity index (χ0n) is 19.4. The van der Waals surface area contributed by atoms with E-state index in [1.54, 1.807) is 24.3 Å². The minimum absolute atomic E-state index is 0.0397. The molecule has 7 nitrogen and oxygen atoms in total.